The molecule has 4 N–H and O–H groups in total. The van der Waals surface area contributed by atoms with E-state index in [0.29, 0.717) is 6.61 Å². The Bertz CT molecular complexity index is 1090. The number of carboxylic acids is 2. The molecule has 0 bridgehead atoms. The molecule has 1 aromatic heterocycles. The SMILES string of the molecule is CCOc1ccc(N2CCc3c2nc2ccc(Br)cc2c3N)cc1.O=C(O)C(=O)O. The van der Waals surface area contributed by atoms with Crippen molar-refractivity contribution < 1.29 is 24.5 Å². The summed E-state index contributed by atoms with van der Waals surface area (Å²) in [5.74, 6) is -1.80. The zero-order valence-corrected chi connectivity index (χ0v) is 17.7. The van der Waals surface area contributed by atoms with Crippen molar-refractivity contribution in [2.45, 2.75) is 13.3 Å². The maximum Gasteiger partial charge on any atom is 0.414 e. The second-order valence-corrected chi connectivity index (χ2v) is 7.34. The van der Waals surface area contributed by atoms with Crippen LogP contribution in [0.25, 0.3) is 10.9 Å². The fourth-order valence-electron chi connectivity index (χ4n) is 3.23. The molecule has 0 atom stereocenters. The molecule has 3 aromatic rings. The Morgan fingerprint density at radius 2 is 1.83 bits per heavy atom. The molecule has 156 valence electrons. The number of nitrogens with zero attached hydrogens (tertiary/aromatic N) is 2. The second-order valence-electron chi connectivity index (χ2n) is 6.43. The van der Waals surface area contributed by atoms with Gasteiger partial charge in [-0.1, -0.05) is 15.9 Å². The smallest absolute Gasteiger partial charge is 0.414 e. The number of nitrogen functional groups attached to an aromatic ring is 1. The van der Waals surface area contributed by atoms with Crippen molar-refractivity contribution in [3.05, 3.63) is 52.5 Å². The van der Waals surface area contributed by atoms with Gasteiger partial charge >= 0.3 is 11.9 Å². The average molecular weight is 474 g/mol. The quantitative estimate of drug-likeness (QED) is 0.489. The number of ether oxygens (including phenoxy) is 1. The fraction of sp³-hybridized carbons (Fsp3) is 0.190. The summed E-state index contributed by atoms with van der Waals surface area (Å²) in [4.78, 5) is 25.3. The van der Waals surface area contributed by atoms with E-state index in [0.717, 1.165) is 56.8 Å². The topological polar surface area (TPSA) is 126 Å². The van der Waals surface area contributed by atoms with Crippen LogP contribution in [0, 0.1) is 0 Å². The van der Waals surface area contributed by atoms with Crippen LogP contribution in [0.1, 0.15) is 12.5 Å². The van der Waals surface area contributed by atoms with E-state index < -0.39 is 11.9 Å². The number of aromatic nitrogens is 1. The number of aliphatic carboxylic acids is 2. The van der Waals surface area contributed by atoms with Crippen LogP contribution < -0.4 is 15.4 Å². The number of carbonyl (C=O) groups is 2. The van der Waals surface area contributed by atoms with Crippen LogP contribution in [0.2, 0.25) is 0 Å². The first-order chi connectivity index (χ1) is 14.3. The number of carboxylic acid groups (broad SMARTS) is 2. The number of halogens is 1. The lowest BCUT2D eigenvalue weighted by atomic mass is 10.1. The summed E-state index contributed by atoms with van der Waals surface area (Å²) in [5.41, 5.74) is 10.4. The highest BCUT2D eigenvalue weighted by Crippen LogP contribution is 2.40. The summed E-state index contributed by atoms with van der Waals surface area (Å²) < 4.78 is 6.54. The van der Waals surface area contributed by atoms with Crippen molar-refractivity contribution in [2.24, 2.45) is 0 Å². The van der Waals surface area contributed by atoms with Gasteiger partial charge in [0.15, 0.2) is 0 Å². The van der Waals surface area contributed by atoms with Gasteiger partial charge in [-0.2, -0.15) is 0 Å². The van der Waals surface area contributed by atoms with Crippen molar-refractivity contribution in [3.63, 3.8) is 0 Å². The van der Waals surface area contributed by atoms with Crippen LogP contribution in [-0.4, -0.2) is 40.3 Å². The Morgan fingerprint density at radius 1 is 1.17 bits per heavy atom. The summed E-state index contributed by atoms with van der Waals surface area (Å²) in [6.45, 7) is 3.55. The molecule has 1 aliphatic heterocycles. The van der Waals surface area contributed by atoms with Crippen LogP contribution in [-0.2, 0) is 16.0 Å². The van der Waals surface area contributed by atoms with Gasteiger partial charge in [-0.25, -0.2) is 14.6 Å². The highest BCUT2D eigenvalue weighted by atomic mass is 79.9. The lowest BCUT2D eigenvalue weighted by Crippen LogP contribution is -2.14. The number of nitrogens with two attached hydrogens (primary N) is 1. The maximum atomic E-state index is 9.10. The third kappa shape index (κ3) is 4.46. The summed E-state index contributed by atoms with van der Waals surface area (Å²) in [6.07, 6.45) is 0.907. The summed E-state index contributed by atoms with van der Waals surface area (Å²) in [5, 5.41) is 15.8. The molecule has 2 heterocycles. The molecule has 0 amide bonds. The van der Waals surface area contributed by atoms with Gasteiger partial charge in [0.05, 0.1) is 12.1 Å². The summed E-state index contributed by atoms with van der Waals surface area (Å²) in [6, 6.07) is 14.2. The van der Waals surface area contributed by atoms with Crippen molar-refractivity contribution in [1.29, 1.82) is 0 Å². The third-order valence-electron chi connectivity index (χ3n) is 4.55. The van der Waals surface area contributed by atoms with Crippen LogP contribution in [0.4, 0.5) is 17.2 Å². The van der Waals surface area contributed by atoms with E-state index in [2.05, 4.69) is 33.0 Å². The molecule has 8 nitrogen and oxygen atoms in total. The van der Waals surface area contributed by atoms with Gasteiger partial charge in [0, 0.05) is 33.3 Å². The summed E-state index contributed by atoms with van der Waals surface area (Å²) >= 11 is 3.51. The minimum Gasteiger partial charge on any atom is -0.494 e. The maximum absolute atomic E-state index is 9.10. The van der Waals surface area contributed by atoms with E-state index in [1.165, 1.54) is 0 Å². The van der Waals surface area contributed by atoms with Crippen LogP contribution in [0.3, 0.4) is 0 Å². The van der Waals surface area contributed by atoms with Gasteiger partial charge in [-0.3, -0.25) is 0 Å². The number of anilines is 3. The molecule has 0 spiro atoms. The van der Waals surface area contributed by atoms with E-state index >= 15 is 0 Å². The zero-order chi connectivity index (χ0) is 21.8. The lowest BCUT2D eigenvalue weighted by Gasteiger charge is -2.19. The molecule has 0 saturated carbocycles. The van der Waals surface area contributed by atoms with Gasteiger partial charge in [0.25, 0.3) is 0 Å². The number of hydrogen-bond acceptors (Lipinski definition) is 6. The van der Waals surface area contributed by atoms with Crippen molar-refractivity contribution in [3.8, 4) is 5.75 Å². The minimum absolute atomic E-state index is 0.672. The predicted molar refractivity (Wildman–Crippen MR) is 117 cm³/mol. The molecular formula is C21H20BrN3O5. The van der Waals surface area contributed by atoms with E-state index in [9.17, 15) is 0 Å². The van der Waals surface area contributed by atoms with Crippen molar-refractivity contribution in [1.82, 2.24) is 4.98 Å². The first kappa shape index (κ1) is 21.4. The molecule has 2 aromatic carbocycles. The van der Waals surface area contributed by atoms with Gasteiger partial charge in [-0.05, 0) is 55.8 Å². The molecular weight excluding hydrogens is 454 g/mol. The molecule has 0 saturated heterocycles. The highest BCUT2D eigenvalue weighted by Gasteiger charge is 2.25. The number of pyridine rings is 1. The van der Waals surface area contributed by atoms with Gasteiger partial charge in [0.1, 0.15) is 11.6 Å². The fourth-order valence-corrected chi connectivity index (χ4v) is 3.59. The lowest BCUT2D eigenvalue weighted by molar-refractivity contribution is -0.159. The Labute approximate surface area is 181 Å². The van der Waals surface area contributed by atoms with E-state index in [-0.39, 0.29) is 0 Å². The molecule has 0 fully saturated rings. The summed E-state index contributed by atoms with van der Waals surface area (Å²) in [7, 11) is 0. The molecule has 4 rings (SSSR count). The minimum atomic E-state index is -1.82. The predicted octanol–water partition coefficient (Wildman–Crippen LogP) is 3.83. The Hall–Kier alpha value is -3.33. The number of hydrogen-bond donors (Lipinski definition) is 3. The van der Waals surface area contributed by atoms with Gasteiger partial charge < -0.3 is 25.6 Å². The first-order valence-electron chi connectivity index (χ1n) is 9.16. The third-order valence-corrected chi connectivity index (χ3v) is 5.05. The van der Waals surface area contributed by atoms with Gasteiger partial charge in [0.2, 0.25) is 0 Å². The van der Waals surface area contributed by atoms with Crippen LogP contribution in [0.15, 0.2) is 46.9 Å². The number of fused-ring (bicyclic) bond motifs is 2. The average Bonchev–Trinajstić information content (AvgIpc) is 3.14. The largest absolute Gasteiger partial charge is 0.494 e. The first-order valence-corrected chi connectivity index (χ1v) is 9.95. The van der Waals surface area contributed by atoms with Gasteiger partial charge in [-0.15, -0.1) is 0 Å². The Balaban J connectivity index is 0.000000377. The standard InChI is InChI=1S/C19H18BrN3O.C2H2O4/c1-2-24-14-6-4-13(5-7-14)23-10-9-15-18(21)16-11-12(20)3-8-17(16)22-19(15)23;3-1(4)2(5)6/h3-8,11H,2,9-10H2,1H3,(H2,21,22);(H,3,4)(H,5,6). The molecule has 0 unspecified atom stereocenters. The van der Waals surface area contributed by atoms with Crippen LogP contribution in [0.5, 0.6) is 5.75 Å². The zero-order valence-electron chi connectivity index (χ0n) is 16.1. The monoisotopic (exact) mass is 473 g/mol. The van der Waals surface area contributed by atoms with Crippen molar-refractivity contribution in [2.75, 3.05) is 23.8 Å². The number of benzene rings is 2. The van der Waals surface area contributed by atoms with Crippen LogP contribution >= 0.6 is 15.9 Å². The van der Waals surface area contributed by atoms with E-state index in [4.69, 9.17) is 35.3 Å². The van der Waals surface area contributed by atoms with E-state index in [1.807, 2.05) is 37.3 Å². The molecule has 1 aliphatic rings. The normalized spacial score (nSPS) is 12.1. The second kappa shape index (κ2) is 9.00. The van der Waals surface area contributed by atoms with E-state index in [1.54, 1.807) is 0 Å². The molecule has 30 heavy (non-hydrogen) atoms. The highest BCUT2D eigenvalue weighted by molar-refractivity contribution is 9.10. The molecule has 9 heteroatoms. The van der Waals surface area contributed by atoms with Crippen molar-refractivity contribution >= 4 is 56.0 Å². The molecule has 0 aliphatic carbocycles. The Morgan fingerprint density at radius 3 is 2.43 bits per heavy atom. The molecule has 0 radical (unpaired) electrons. The number of rotatable bonds is 3. The Kier molecular flexibility index (Phi) is 6.41.